The Hall–Kier alpha value is -1.62. The number of furan rings is 1. The average Bonchev–Trinajstić information content (AvgIpc) is 2.74. The number of rotatable bonds is 3. The molecule has 1 N–H and O–H groups in total. The molecule has 5 heteroatoms. The van der Waals surface area contributed by atoms with Gasteiger partial charge in [-0.05, 0) is 44.2 Å². The van der Waals surface area contributed by atoms with E-state index in [0.717, 1.165) is 5.76 Å². The predicted octanol–water partition coefficient (Wildman–Crippen LogP) is 3.98. The van der Waals surface area contributed by atoms with Crippen molar-refractivity contribution in [1.82, 2.24) is 5.32 Å². The van der Waals surface area contributed by atoms with Gasteiger partial charge < -0.3 is 9.73 Å². The Balaban J connectivity index is 2.12. The maximum Gasteiger partial charge on any atom is 0.252 e. The van der Waals surface area contributed by atoms with E-state index in [2.05, 4.69) is 21.2 Å². The lowest BCUT2D eigenvalue weighted by atomic mass is 10.2. The van der Waals surface area contributed by atoms with Crippen molar-refractivity contribution in [1.29, 1.82) is 0 Å². The molecule has 1 atom stereocenters. The molecule has 0 fully saturated rings. The van der Waals surface area contributed by atoms with Crippen LogP contribution in [0.2, 0.25) is 0 Å². The summed E-state index contributed by atoms with van der Waals surface area (Å²) in [6.07, 6.45) is 0. The lowest BCUT2D eigenvalue weighted by molar-refractivity contribution is 0.0934. The van der Waals surface area contributed by atoms with Crippen molar-refractivity contribution < 1.29 is 13.6 Å². The van der Waals surface area contributed by atoms with Crippen LogP contribution in [0.3, 0.4) is 0 Å². The second kappa shape index (κ2) is 5.57. The van der Waals surface area contributed by atoms with Crippen LogP contribution in [0.1, 0.15) is 34.8 Å². The number of nitrogens with one attached hydrogen (secondary N) is 1. The van der Waals surface area contributed by atoms with Gasteiger partial charge >= 0.3 is 0 Å². The first kappa shape index (κ1) is 13.8. The maximum atomic E-state index is 13.2. The number of benzene rings is 1. The van der Waals surface area contributed by atoms with E-state index in [1.165, 1.54) is 12.1 Å². The summed E-state index contributed by atoms with van der Waals surface area (Å²) in [7, 11) is 0. The van der Waals surface area contributed by atoms with Gasteiger partial charge in [0.2, 0.25) is 0 Å². The number of carbonyl (C=O) groups is 1. The highest BCUT2D eigenvalue weighted by Crippen LogP contribution is 2.18. The molecule has 1 amide bonds. The smallest absolute Gasteiger partial charge is 0.252 e. The van der Waals surface area contributed by atoms with Gasteiger partial charge in [-0.2, -0.15) is 0 Å². The fourth-order valence-electron chi connectivity index (χ4n) is 1.72. The van der Waals surface area contributed by atoms with Crippen LogP contribution < -0.4 is 5.32 Å². The molecule has 0 bridgehead atoms. The lowest BCUT2D eigenvalue weighted by Gasteiger charge is -2.11. The summed E-state index contributed by atoms with van der Waals surface area (Å²) in [6.45, 7) is 3.65. The normalized spacial score (nSPS) is 12.2. The maximum absolute atomic E-state index is 13.2. The molecule has 100 valence electrons. The molecule has 3 nitrogen and oxygen atoms in total. The Bertz CT molecular complexity index is 589. The zero-order chi connectivity index (χ0) is 14.0. The summed E-state index contributed by atoms with van der Waals surface area (Å²) < 4.78 is 19.2. The van der Waals surface area contributed by atoms with E-state index >= 15 is 0 Å². The Morgan fingerprint density at radius 3 is 2.68 bits per heavy atom. The minimum atomic E-state index is -0.457. The fraction of sp³-hybridized carbons (Fsp3) is 0.214. The molecule has 0 saturated carbocycles. The summed E-state index contributed by atoms with van der Waals surface area (Å²) in [5, 5.41) is 2.76. The van der Waals surface area contributed by atoms with Crippen molar-refractivity contribution in [2.75, 3.05) is 0 Å². The first-order valence-corrected chi connectivity index (χ1v) is 6.58. The largest absolute Gasteiger partial charge is 0.464 e. The van der Waals surface area contributed by atoms with E-state index in [0.29, 0.717) is 10.2 Å². The van der Waals surface area contributed by atoms with Crippen molar-refractivity contribution in [2.24, 2.45) is 0 Å². The average molecular weight is 326 g/mol. The summed E-state index contributed by atoms with van der Waals surface area (Å²) in [6, 6.07) is 7.43. The molecule has 1 heterocycles. The molecule has 0 spiro atoms. The molecule has 2 aromatic rings. The molecule has 2 rings (SSSR count). The highest BCUT2D eigenvalue weighted by Gasteiger charge is 2.15. The Morgan fingerprint density at radius 1 is 1.37 bits per heavy atom. The first-order chi connectivity index (χ1) is 8.95. The van der Waals surface area contributed by atoms with Crippen LogP contribution in [-0.4, -0.2) is 5.91 Å². The van der Waals surface area contributed by atoms with E-state index in [9.17, 15) is 9.18 Å². The van der Waals surface area contributed by atoms with Crippen LogP contribution in [0.4, 0.5) is 4.39 Å². The first-order valence-electron chi connectivity index (χ1n) is 5.79. The minimum absolute atomic E-state index is 0.266. The molecule has 1 aromatic heterocycles. The van der Waals surface area contributed by atoms with Crippen molar-refractivity contribution in [3.05, 3.63) is 57.7 Å². The van der Waals surface area contributed by atoms with Crippen molar-refractivity contribution in [2.45, 2.75) is 19.9 Å². The second-order valence-electron chi connectivity index (χ2n) is 4.30. The monoisotopic (exact) mass is 325 g/mol. The number of carbonyl (C=O) groups excluding carboxylic acids is 1. The van der Waals surface area contributed by atoms with E-state index < -0.39 is 5.82 Å². The topological polar surface area (TPSA) is 42.2 Å². The summed E-state index contributed by atoms with van der Waals surface area (Å²) in [5.74, 6) is 0.647. The van der Waals surface area contributed by atoms with Crippen LogP contribution in [0, 0.1) is 12.7 Å². The molecule has 0 aliphatic carbocycles. The molecule has 19 heavy (non-hydrogen) atoms. The van der Waals surface area contributed by atoms with Gasteiger partial charge in [0.25, 0.3) is 5.91 Å². The molecule has 0 saturated heterocycles. The van der Waals surface area contributed by atoms with E-state index in [1.807, 2.05) is 26.0 Å². The van der Waals surface area contributed by atoms with Crippen LogP contribution in [0.25, 0.3) is 0 Å². The second-order valence-corrected chi connectivity index (χ2v) is 5.22. The van der Waals surface area contributed by atoms with Gasteiger partial charge in [-0.1, -0.05) is 15.9 Å². The summed E-state index contributed by atoms with van der Waals surface area (Å²) >= 11 is 3.16. The molecule has 0 aliphatic rings. The zero-order valence-electron chi connectivity index (χ0n) is 10.5. The van der Waals surface area contributed by atoms with E-state index in [1.54, 1.807) is 6.07 Å². The highest BCUT2D eigenvalue weighted by molar-refractivity contribution is 9.10. The number of hydrogen-bond acceptors (Lipinski definition) is 2. The molecule has 1 aromatic carbocycles. The minimum Gasteiger partial charge on any atom is -0.464 e. The predicted molar refractivity (Wildman–Crippen MR) is 73.4 cm³/mol. The van der Waals surface area contributed by atoms with Crippen LogP contribution in [0.5, 0.6) is 0 Å². The molecular formula is C14H13BrFNO2. The zero-order valence-corrected chi connectivity index (χ0v) is 12.1. The van der Waals surface area contributed by atoms with Gasteiger partial charge in [0.15, 0.2) is 0 Å². The quantitative estimate of drug-likeness (QED) is 0.927. The van der Waals surface area contributed by atoms with Crippen LogP contribution in [0.15, 0.2) is 39.2 Å². The Labute approximate surface area is 118 Å². The number of aryl methyl sites for hydroxylation is 1. The van der Waals surface area contributed by atoms with Crippen molar-refractivity contribution in [3.63, 3.8) is 0 Å². The van der Waals surface area contributed by atoms with Gasteiger partial charge in [-0.15, -0.1) is 0 Å². The SMILES string of the molecule is Cc1ccc([C@@H](C)NC(=O)c2cc(F)cc(Br)c2)o1. The van der Waals surface area contributed by atoms with Gasteiger partial charge in [0.05, 0.1) is 6.04 Å². The Kier molecular flexibility index (Phi) is 4.04. The van der Waals surface area contributed by atoms with Crippen LogP contribution in [-0.2, 0) is 0 Å². The molecule has 0 radical (unpaired) electrons. The van der Waals surface area contributed by atoms with Crippen molar-refractivity contribution in [3.8, 4) is 0 Å². The standard InChI is InChI=1S/C14H13BrFNO2/c1-8-3-4-13(19-8)9(2)17-14(18)10-5-11(15)7-12(16)6-10/h3-7,9H,1-2H3,(H,17,18)/t9-/m1/s1. The molecule has 0 unspecified atom stereocenters. The van der Waals surface area contributed by atoms with Crippen molar-refractivity contribution >= 4 is 21.8 Å². The number of amides is 1. The van der Waals surface area contributed by atoms with Gasteiger partial charge in [0.1, 0.15) is 17.3 Å². The number of halogens is 2. The summed E-state index contributed by atoms with van der Waals surface area (Å²) in [4.78, 5) is 12.0. The van der Waals surface area contributed by atoms with Crippen LogP contribution >= 0.6 is 15.9 Å². The third-order valence-corrected chi connectivity index (χ3v) is 3.12. The lowest BCUT2D eigenvalue weighted by Crippen LogP contribution is -2.26. The van der Waals surface area contributed by atoms with E-state index in [4.69, 9.17) is 4.42 Å². The Morgan fingerprint density at radius 2 is 2.11 bits per heavy atom. The van der Waals surface area contributed by atoms with E-state index in [-0.39, 0.29) is 17.5 Å². The molecular weight excluding hydrogens is 313 g/mol. The summed E-state index contributed by atoms with van der Waals surface area (Å²) in [5.41, 5.74) is 0.266. The van der Waals surface area contributed by atoms with Gasteiger partial charge in [-0.25, -0.2) is 4.39 Å². The third-order valence-electron chi connectivity index (χ3n) is 2.66. The molecule has 0 aliphatic heterocycles. The fourth-order valence-corrected chi connectivity index (χ4v) is 2.19. The third kappa shape index (κ3) is 3.44. The highest BCUT2D eigenvalue weighted by atomic mass is 79.9. The van der Waals surface area contributed by atoms with Gasteiger partial charge in [-0.3, -0.25) is 4.79 Å². The number of hydrogen-bond donors (Lipinski definition) is 1. The van der Waals surface area contributed by atoms with Gasteiger partial charge in [0, 0.05) is 10.0 Å².